The highest BCUT2D eigenvalue weighted by atomic mass is 16.7. The first-order valence-corrected chi connectivity index (χ1v) is 7.97. The van der Waals surface area contributed by atoms with E-state index >= 15 is 0 Å². The van der Waals surface area contributed by atoms with E-state index in [1.54, 1.807) is 32.3 Å². The number of hydrogen-bond donors (Lipinski definition) is 1. The molecule has 1 aliphatic heterocycles. The molecule has 132 valence electrons. The Morgan fingerprint density at radius 1 is 1.00 bits per heavy atom. The number of carbonyl (C=O) groups is 1. The molecule has 1 atom stereocenters. The lowest BCUT2D eigenvalue weighted by Gasteiger charge is -2.48. The summed E-state index contributed by atoms with van der Waals surface area (Å²) in [6.45, 7) is 1.87. The fourth-order valence-electron chi connectivity index (χ4n) is 3.33. The summed E-state index contributed by atoms with van der Waals surface area (Å²) >= 11 is 0. The van der Waals surface area contributed by atoms with Gasteiger partial charge in [0.2, 0.25) is 0 Å². The Kier molecular flexibility index (Phi) is 4.65. The first-order chi connectivity index (χ1) is 12.1. The van der Waals surface area contributed by atoms with Crippen molar-refractivity contribution in [1.29, 1.82) is 0 Å². The van der Waals surface area contributed by atoms with Crippen LogP contribution in [0.3, 0.4) is 0 Å². The molecular weight excluding hydrogens is 320 g/mol. The third-order valence-electron chi connectivity index (χ3n) is 4.43. The number of rotatable bonds is 5. The van der Waals surface area contributed by atoms with Crippen molar-refractivity contribution in [2.75, 3.05) is 31.5 Å². The molecule has 2 aromatic carbocycles. The van der Waals surface area contributed by atoms with Crippen LogP contribution in [0.2, 0.25) is 0 Å². The molecule has 3 rings (SSSR count). The molecule has 0 spiro atoms. The summed E-state index contributed by atoms with van der Waals surface area (Å²) in [5, 5.41) is 3.41. The SMILES string of the molecule is COc1ccccc1N1C(=O)c2ccccc2NC1(C)C(OC)OC. The van der Waals surface area contributed by atoms with Gasteiger partial charge in [0.05, 0.1) is 18.4 Å². The molecule has 1 N–H and O–H groups in total. The van der Waals surface area contributed by atoms with E-state index < -0.39 is 12.0 Å². The number of amides is 1. The number of hydrogen-bond acceptors (Lipinski definition) is 5. The average molecular weight is 342 g/mol. The van der Waals surface area contributed by atoms with Crippen molar-refractivity contribution < 1.29 is 19.0 Å². The second kappa shape index (κ2) is 6.74. The van der Waals surface area contributed by atoms with Crippen molar-refractivity contribution in [3.8, 4) is 5.75 Å². The number of benzene rings is 2. The Labute approximate surface area is 147 Å². The molecule has 6 heteroatoms. The van der Waals surface area contributed by atoms with E-state index in [1.807, 2.05) is 49.4 Å². The summed E-state index contributed by atoms with van der Waals surface area (Å²) in [7, 11) is 4.68. The van der Waals surface area contributed by atoms with Gasteiger partial charge in [0, 0.05) is 19.9 Å². The van der Waals surface area contributed by atoms with Crippen molar-refractivity contribution in [2.45, 2.75) is 18.9 Å². The first kappa shape index (κ1) is 17.3. The lowest BCUT2D eigenvalue weighted by atomic mass is 9.98. The van der Waals surface area contributed by atoms with Crippen LogP contribution in [0.5, 0.6) is 5.75 Å². The first-order valence-electron chi connectivity index (χ1n) is 7.97. The summed E-state index contributed by atoms with van der Waals surface area (Å²) in [5.41, 5.74) is 0.986. The van der Waals surface area contributed by atoms with Gasteiger partial charge in [0.25, 0.3) is 5.91 Å². The van der Waals surface area contributed by atoms with E-state index in [2.05, 4.69) is 5.32 Å². The van der Waals surface area contributed by atoms with Gasteiger partial charge in [0.15, 0.2) is 12.0 Å². The van der Waals surface area contributed by atoms with Crippen LogP contribution in [-0.4, -0.2) is 39.2 Å². The molecule has 1 unspecified atom stereocenters. The van der Waals surface area contributed by atoms with E-state index in [0.717, 1.165) is 5.69 Å². The molecule has 1 heterocycles. The van der Waals surface area contributed by atoms with Gasteiger partial charge in [-0.2, -0.15) is 0 Å². The normalized spacial score (nSPS) is 19.6. The molecule has 0 bridgehead atoms. The van der Waals surface area contributed by atoms with Crippen LogP contribution in [0.1, 0.15) is 17.3 Å². The van der Waals surface area contributed by atoms with Crippen molar-refractivity contribution >= 4 is 17.3 Å². The van der Waals surface area contributed by atoms with E-state index in [9.17, 15) is 4.79 Å². The van der Waals surface area contributed by atoms with Gasteiger partial charge in [0.1, 0.15) is 5.75 Å². The van der Waals surface area contributed by atoms with Crippen molar-refractivity contribution in [1.82, 2.24) is 0 Å². The summed E-state index contributed by atoms with van der Waals surface area (Å²) in [5.74, 6) is 0.440. The van der Waals surface area contributed by atoms with Crippen LogP contribution < -0.4 is 15.0 Å². The second-order valence-electron chi connectivity index (χ2n) is 5.93. The maximum Gasteiger partial charge on any atom is 0.262 e. The highest BCUT2D eigenvalue weighted by Gasteiger charge is 2.49. The van der Waals surface area contributed by atoms with Crippen molar-refractivity contribution in [3.05, 3.63) is 54.1 Å². The Bertz CT molecular complexity index is 776. The largest absolute Gasteiger partial charge is 0.495 e. The molecule has 6 nitrogen and oxygen atoms in total. The minimum atomic E-state index is -0.969. The number of ether oxygens (including phenoxy) is 3. The molecular formula is C19H22N2O4. The van der Waals surface area contributed by atoms with E-state index in [1.165, 1.54) is 0 Å². The Balaban J connectivity index is 2.22. The molecule has 0 fully saturated rings. The summed E-state index contributed by atoms with van der Waals surface area (Å²) in [6.07, 6.45) is -0.699. The van der Waals surface area contributed by atoms with Crippen LogP contribution in [-0.2, 0) is 9.47 Å². The number of nitrogens with zero attached hydrogens (tertiary/aromatic N) is 1. The zero-order chi connectivity index (χ0) is 18.0. The van der Waals surface area contributed by atoms with Gasteiger partial charge in [-0.05, 0) is 31.2 Å². The Morgan fingerprint density at radius 2 is 1.64 bits per heavy atom. The second-order valence-corrected chi connectivity index (χ2v) is 5.93. The minimum absolute atomic E-state index is 0.152. The predicted octanol–water partition coefficient (Wildman–Crippen LogP) is 3.10. The molecule has 0 radical (unpaired) electrons. The number of para-hydroxylation sites is 3. The van der Waals surface area contributed by atoms with E-state index in [0.29, 0.717) is 17.0 Å². The molecule has 1 amide bonds. The van der Waals surface area contributed by atoms with Gasteiger partial charge in [-0.1, -0.05) is 24.3 Å². The molecule has 0 saturated heterocycles. The van der Waals surface area contributed by atoms with Crippen molar-refractivity contribution in [2.24, 2.45) is 0 Å². The summed E-state index contributed by atoms with van der Waals surface area (Å²) < 4.78 is 16.5. The van der Waals surface area contributed by atoms with Gasteiger partial charge < -0.3 is 19.5 Å². The fraction of sp³-hybridized carbons (Fsp3) is 0.316. The van der Waals surface area contributed by atoms with Crippen molar-refractivity contribution in [3.63, 3.8) is 0 Å². The van der Waals surface area contributed by atoms with Gasteiger partial charge in [-0.25, -0.2) is 0 Å². The Hall–Kier alpha value is -2.57. The van der Waals surface area contributed by atoms with Crippen LogP contribution in [0, 0.1) is 0 Å². The maximum atomic E-state index is 13.4. The zero-order valence-electron chi connectivity index (χ0n) is 14.8. The lowest BCUT2D eigenvalue weighted by Crippen LogP contribution is -2.65. The molecule has 2 aromatic rings. The number of anilines is 2. The number of methoxy groups -OCH3 is 3. The monoisotopic (exact) mass is 342 g/mol. The number of fused-ring (bicyclic) bond motifs is 1. The Morgan fingerprint density at radius 3 is 2.32 bits per heavy atom. The molecule has 0 saturated carbocycles. The topological polar surface area (TPSA) is 60.0 Å². The van der Waals surface area contributed by atoms with Crippen LogP contribution in [0.25, 0.3) is 0 Å². The van der Waals surface area contributed by atoms with Crippen LogP contribution >= 0.6 is 0 Å². The molecule has 0 aromatic heterocycles. The average Bonchev–Trinajstić information content (AvgIpc) is 2.63. The molecule has 0 aliphatic carbocycles. The predicted molar refractivity (Wildman–Crippen MR) is 96.1 cm³/mol. The smallest absolute Gasteiger partial charge is 0.262 e. The standard InChI is InChI=1S/C19H22N2O4/c1-19(18(24-3)25-4)20-14-10-6-5-9-13(14)17(22)21(19)15-11-7-8-12-16(15)23-2/h5-12,18,20H,1-4H3. The molecule has 25 heavy (non-hydrogen) atoms. The van der Waals surface area contributed by atoms with Crippen LogP contribution in [0.15, 0.2) is 48.5 Å². The quantitative estimate of drug-likeness (QED) is 0.846. The summed E-state index contributed by atoms with van der Waals surface area (Å²) in [4.78, 5) is 15.0. The lowest BCUT2D eigenvalue weighted by molar-refractivity contribution is -0.135. The third kappa shape index (κ3) is 2.73. The number of nitrogens with one attached hydrogen (secondary N) is 1. The highest BCUT2D eigenvalue weighted by molar-refractivity contribution is 6.13. The minimum Gasteiger partial charge on any atom is -0.495 e. The molecule has 1 aliphatic rings. The maximum absolute atomic E-state index is 13.4. The fourth-order valence-corrected chi connectivity index (χ4v) is 3.33. The van der Waals surface area contributed by atoms with Gasteiger partial charge in [-0.3, -0.25) is 9.69 Å². The van der Waals surface area contributed by atoms with Crippen LogP contribution in [0.4, 0.5) is 11.4 Å². The van der Waals surface area contributed by atoms with E-state index in [-0.39, 0.29) is 5.91 Å². The number of carbonyl (C=O) groups excluding carboxylic acids is 1. The zero-order valence-corrected chi connectivity index (χ0v) is 14.8. The summed E-state index contributed by atoms with van der Waals surface area (Å²) in [6, 6.07) is 14.8. The highest BCUT2D eigenvalue weighted by Crippen LogP contribution is 2.41. The van der Waals surface area contributed by atoms with Gasteiger partial charge in [-0.15, -0.1) is 0 Å². The van der Waals surface area contributed by atoms with Gasteiger partial charge >= 0.3 is 0 Å². The third-order valence-corrected chi connectivity index (χ3v) is 4.43. The van der Waals surface area contributed by atoms with E-state index in [4.69, 9.17) is 14.2 Å².